The van der Waals surface area contributed by atoms with Crippen molar-refractivity contribution in [2.75, 3.05) is 0 Å². The number of hydrogen-bond acceptors (Lipinski definition) is 9. The van der Waals surface area contributed by atoms with Gasteiger partial charge >= 0.3 is 0 Å². The van der Waals surface area contributed by atoms with Crippen LogP contribution in [0.5, 0.6) is 0 Å². The molecule has 45 heavy (non-hydrogen) atoms. The Balaban J connectivity index is 1.38. The van der Waals surface area contributed by atoms with Gasteiger partial charge in [0, 0.05) is 95.1 Å². The molecule has 0 spiro atoms. The minimum atomic E-state index is 0.436. The smallest absolute Gasteiger partial charge is 0.241 e. The standard InChI is InChI=1S/C33H18N12/c1-2-29-30(39-8-1)23-18-38-13-7-28(23)45(29)33-41-31(43-24-3-9-34-14-19(24)20-15-35-10-4-25(20)43)40-32(42-33)44-26-5-11-36-16-21(26)22-17-37-12-6-27(22)44/h1-18H. The van der Waals surface area contributed by atoms with E-state index in [1.165, 1.54) is 0 Å². The number of nitrogens with zero attached hydrogens (tertiary/aromatic N) is 12. The summed E-state index contributed by atoms with van der Waals surface area (Å²) in [7, 11) is 0. The molecule has 0 saturated heterocycles. The fourth-order valence-corrected chi connectivity index (χ4v) is 6.39. The van der Waals surface area contributed by atoms with Crippen molar-refractivity contribution < 1.29 is 0 Å². The van der Waals surface area contributed by atoms with E-state index in [-0.39, 0.29) is 0 Å². The van der Waals surface area contributed by atoms with E-state index in [0.29, 0.717) is 17.8 Å². The topological polar surface area (TPSA) is 131 Å². The van der Waals surface area contributed by atoms with E-state index in [9.17, 15) is 0 Å². The van der Waals surface area contributed by atoms with E-state index in [0.717, 1.165) is 65.5 Å². The summed E-state index contributed by atoms with van der Waals surface area (Å²) < 4.78 is 6.09. The molecule has 10 heterocycles. The lowest BCUT2D eigenvalue weighted by Crippen LogP contribution is -2.13. The van der Waals surface area contributed by atoms with Gasteiger partial charge in [-0.1, -0.05) is 0 Å². The number of fused-ring (bicyclic) bond motifs is 9. The van der Waals surface area contributed by atoms with Crippen LogP contribution < -0.4 is 0 Å². The minimum Gasteiger partial charge on any atom is -0.277 e. The van der Waals surface area contributed by atoms with Crippen LogP contribution in [0.15, 0.2) is 111 Å². The van der Waals surface area contributed by atoms with E-state index in [1.807, 2.05) is 87.2 Å². The van der Waals surface area contributed by atoms with Crippen LogP contribution in [0.4, 0.5) is 0 Å². The molecule has 0 aliphatic carbocycles. The summed E-state index contributed by atoms with van der Waals surface area (Å²) in [5.74, 6) is 1.32. The number of aromatic nitrogens is 12. The molecule has 0 radical (unpaired) electrons. The summed E-state index contributed by atoms with van der Waals surface area (Å²) in [5, 5.41) is 4.70. The Labute approximate surface area is 252 Å². The molecule has 12 nitrogen and oxygen atoms in total. The van der Waals surface area contributed by atoms with Gasteiger partial charge in [0.05, 0.1) is 38.6 Å². The molecule has 10 rings (SSSR count). The highest BCUT2D eigenvalue weighted by atomic mass is 15.3. The van der Waals surface area contributed by atoms with Gasteiger partial charge in [0.2, 0.25) is 17.8 Å². The molecule has 210 valence electrons. The zero-order chi connectivity index (χ0) is 29.5. The van der Waals surface area contributed by atoms with Crippen LogP contribution >= 0.6 is 0 Å². The maximum Gasteiger partial charge on any atom is 0.241 e. The molecule has 0 N–H and O–H groups in total. The van der Waals surface area contributed by atoms with E-state index >= 15 is 0 Å². The highest BCUT2D eigenvalue weighted by Gasteiger charge is 2.22. The fraction of sp³-hybridized carbons (Fsp3) is 0. The van der Waals surface area contributed by atoms with Crippen molar-refractivity contribution >= 4 is 65.5 Å². The molecule has 0 unspecified atom stereocenters. The van der Waals surface area contributed by atoms with Crippen molar-refractivity contribution in [2.24, 2.45) is 0 Å². The highest BCUT2D eigenvalue weighted by molar-refractivity contribution is 6.09. The SMILES string of the molecule is c1cnc2c3cnccc3n(-c3nc(-n4c5ccncc5c5cnccc54)nc(-n4c5ccncc5c5cnccc54)n3)c2c1. The first-order valence-corrected chi connectivity index (χ1v) is 14.2. The first kappa shape index (κ1) is 23.8. The molecule has 0 aromatic carbocycles. The maximum atomic E-state index is 5.17. The summed E-state index contributed by atoms with van der Waals surface area (Å²) in [6.07, 6.45) is 19.8. The summed E-state index contributed by atoms with van der Waals surface area (Å²) in [5.41, 5.74) is 6.16. The Morgan fingerprint density at radius 2 is 0.711 bits per heavy atom. The largest absolute Gasteiger partial charge is 0.277 e. The van der Waals surface area contributed by atoms with E-state index in [2.05, 4.69) is 24.9 Å². The third-order valence-electron chi connectivity index (χ3n) is 8.26. The Hall–Kier alpha value is -6.69. The second kappa shape index (κ2) is 8.91. The normalized spacial score (nSPS) is 12.0. The van der Waals surface area contributed by atoms with Crippen molar-refractivity contribution in [1.82, 2.24) is 58.6 Å². The van der Waals surface area contributed by atoms with Gasteiger partial charge in [-0.15, -0.1) is 0 Å². The van der Waals surface area contributed by atoms with Gasteiger partial charge in [-0.2, -0.15) is 15.0 Å². The average molecular weight is 583 g/mol. The molecule has 0 amide bonds. The van der Waals surface area contributed by atoms with Gasteiger partial charge in [0.15, 0.2) is 0 Å². The third-order valence-corrected chi connectivity index (χ3v) is 8.26. The van der Waals surface area contributed by atoms with Crippen LogP contribution in [0.25, 0.3) is 83.4 Å². The highest BCUT2D eigenvalue weighted by Crippen LogP contribution is 2.34. The number of hydrogen-bond donors (Lipinski definition) is 0. The van der Waals surface area contributed by atoms with Crippen molar-refractivity contribution in [3.63, 3.8) is 0 Å². The average Bonchev–Trinajstić information content (AvgIpc) is 3.74. The predicted octanol–water partition coefficient (Wildman–Crippen LogP) is 5.53. The first-order valence-electron chi connectivity index (χ1n) is 14.2. The molecule has 12 heteroatoms. The van der Waals surface area contributed by atoms with Gasteiger partial charge < -0.3 is 0 Å². The van der Waals surface area contributed by atoms with Crippen molar-refractivity contribution in [3.05, 3.63) is 111 Å². The van der Waals surface area contributed by atoms with Gasteiger partial charge in [0.1, 0.15) is 0 Å². The van der Waals surface area contributed by atoms with Crippen LogP contribution in [0, 0.1) is 0 Å². The lowest BCUT2D eigenvalue weighted by molar-refractivity contribution is 0.847. The molecule has 0 aliphatic heterocycles. The zero-order valence-electron chi connectivity index (χ0n) is 23.3. The van der Waals surface area contributed by atoms with Crippen LogP contribution in [0.1, 0.15) is 0 Å². The number of pyridine rings is 6. The predicted molar refractivity (Wildman–Crippen MR) is 170 cm³/mol. The third kappa shape index (κ3) is 3.27. The molecule has 0 atom stereocenters. The van der Waals surface area contributed by atoms with Crippen molar-refractivity contribution in [3.8, 4) is 17.8 Å². The molecule has 10 aromatic heterocycles. The van der Waals surface area contributed by atoms with Crippen LogP contribution in [0.3, 0.4) is 0 Å². The fourth-order valence-electron chi connectivity index (χ4n) is 6.39. The van der Waals surface area contributed by atoms with Crippen molar-refractivity contribution in [2.45, 2.75) is 0 Å². The summed E-state index contributed by atoms with van der Waals surface area (Å²) >= 11 is 0. The minimum absolute atomic E-state index is 0.436. The summed E-state index contributed by atoms with van der Waals surface area (Å²) in [6.45, 7) is 0. The van der Waals surface area contributed by atoms with Crippen molar-refractivity contribution in [1.29, 1.82) is 0 Å². The summed E-state index contributed by atoms with van der Waals surface area (Å²) in [6, 6.07) is 13.7. The van der Waals surface area contributed by atoms with Crippen LogP contribution in [-0.2, 0) is 0 Å². The van der Waals surface area contributed by atoms with Gasteiger partial charge in [0.25, 0.3) is 0 Å². The molecular weight excluding hydrogens is 564 g/mol. The zero-order valence-corrected chi connectivity index (χ0v) is 23.3. The van der Waals surface area contributed by atoms with E-state index < -0.39 is 0 Å². The number of rotatable bonds is 3. The molecule has 0 aliphatic rings. The Bertz CT molecular complexity index is 2320. The molecule has 0 bridgehead atoms. The molecule has 0 saturated carbocycles. The van der Waals surface area contributed by atoms with Gasteiger partial charge in [-0.3, -0.25) is 43.6 Å². The first-order chi connectivity index (χ1) is 22.3. The second-order valence-electron chi connectivity index (χ2n) is 10.6. The molecule has 0 fully saturated rings. The van der Waals surface area contributed by atoms with Crippen LogP contribution in [-0.4, -0.2) is 58.6 Å². The van der Waals surface area contributed by atoms with Gasteiger partial charge in [-0.25, -0.2) is 0 Å². The van der Waals surface area contributed by atoms with Gasteiger partial charge in [-0.05, 0) is 42.5 Å². The Morgan fingerprint density at radius 1 is 0.356 bits per heavy atom. The molecular formula is C33H18N12. The Morgan fingerprint density at radius 3 is 1.13 bits per heavy atom. The maximum absolute atomic E-state index is 5.17. The summed E-state index contributed by atoms with van der Waals surface area (Å²) in [4.78, 5) is 42.2. The Kier molecular flexibility index (Phi) is 4.72. The molecule has 10 aromatic rings. The van der Waals surface area contributed by atoms with Crippen LogP contribution in [0.2, 0.25) is 0 Å². The monoisotopic (exact) mass is 582 g/mol. The van der Waals surface area contributed by atoms with E-state index in [1.54, 1.807) is 37.2 Å². The second-order valence-corrected chi connectivity index (χ2v) is 10.6. The van der Waals surface area contributed by atoms with E-state index in [4.69, 9.17) is 19.9 Å². The lowest BCUT2D eigenvalue weighted by atomic mass is 10.2. The lowest BCUT2D eigenvalue weighted by Gasteiger charge is -2.13. The quantitative estimate of drug-likeness (QED) is 0.264.